The first kappa shape index (κ1) is 28.1. The molecule has 0 saturated heterocycles. The summed E-state index contributed by atoms with van der Waals surface area (Å²) in [5.74, 6) is 0.797. The van der Waals surface area contributed by atoms with Crippen molar-refractivity contribution in [1.82, 2.24) is 4.57 Å². The molecule has 210 valence electrons. The van der Waals surface area contributed by atoms with Gasteiger partial charge >= 0.3 is 5.97 Å². The van der Waals surface area contributed by atoms with E-state index in [0.717, 1.165) is 11.1 Å². The number of ether oxygens (including phenoxy) is 3. The number of allylic oxidation sites excluding steroid dienone is 1. The monoisotopic (exact) mass is 568 g/mol. The second kappa shape index (κ2) is 12.4. The van der Waals surface area contributed by atoms with Crippen LogP contribution in [0.4, 0.5) is 0 Å². The van der Waals surface area contributed by atoms with Crippen molar-refractivity contribution in [1.29, 1.82) is 0 Å². The first-order valence-electron chi connectivity index (χ1n) is 13.6. The number of esters is 1. The van der Waals surface area contributed by atoms with Crippen LogP contribution in [-0.4, -0.2) is 23.2 Å². The Bertz CT molecular complexity index is 1770. The van der Waals surface area contributed by atoms with E-state index in [2.05, 4.69) is 4.99 Å². The molecule has 0 unspecified atom stereocenters. The second-order valence-corrected chi connectivity index (χ2v) is 10.9. The number of carbonyl (C=O) groups excluding carboxylic acids is 1. The SMILES string of the molecule is CCOC(=O)C1=C(C)N=c2s/c(=C\c3cccc(OCc4ccccc4)c3)c(=O)n2[C@@H]1c1ccccc1OC(C)C. The maximum Gasteiger partial charge on any atom is 0.338 e. The van der Waals surface area contributed by atoms with Crippen LogP contribution >= 0.6 is 11.3 Å². The third kappa shape index (κ3) is 6.18. The van der Waals surface area contributed by atoms with Gasteiger partial charge < -0.3 is 14.2 Å². The number of nitrogens with zero attached hydrogens (tertiary/aromatic N) is 2. The maximum absolute atomic E-state index is 14.0. The standard InChI is InChI=1S/C33H32N2O5S/c1-5-38-32(37)29-22(4)34-33-35(30(29)26-16-9-10-17-27(26)40-21(2)3)31(36)28(41-33)19-24-14-11-15-25(18-24)39-20-23-12-7-6-8-13-23/h6-19,21,30H,5,20H2,1-4H3/b28-19-/t30-/m1/s1. The van der Waals surface area contributed by atoms with E-state index in [1.54, 1.807) is 18.4 Å². The van der Waals surface area contributed by atoms with E-state index in [0.29, 0.717) is 44.3 Å². The molecule has 0 saturated carbocycles. The summed E-state index contributed by atoms with van der Waals surface area (Å²) < 4.78 is 19.6. The van der Waals surface area contributed by atoms with Crippen molar-refractivity contribution in [2.24, 2.45) is 4.99 Å². The van der Waals surface area contributed by atoms with E-state index < -0.39 is 12.0 Å². The van der Waals surface area contributed by atoms with E-state index in [1.165, 1.54) is 11.3 Å². The average Bonchev–Trinajstić information content (AvgIpc) is 3.26. The Morgan fingerprint density at radius 2 is 1.80 bits per heavy atom. The Morgan fingerprint density at radius 1 is 1.05 bits per heavy atom. The lowest BCUT2D eigenvalue weighted by molar-refractivity contribution is -0.139. The van der Waals surface area contributed by atoms with Crippen molar-refractivity contribution in [2.45, 2.75) is 46.4 Å². The lowest BCUT2D eigenvalue weighted by Gasteiger charge is -2.26. The minimum atomic E-state index is -0.747. The number of hydrogen-bond donors (Lipinski definition) is 0. The van der Waals surface area contributed by atoms with Gasteiger partial charge in [0.05, 0.1) is 28.5 Å². The fourth-order valence-corrected chi connectivity index (χ4v) is 5.79. The summed E-state index contributed by atoms with van der Waals surface area (Å²) in [5.41, 5.74) is 3.17. The molecular weight excluding hydrogens is 536 g/mol. The van der Waals surface area contributed by atoms with Gasteiger partial charge in [-0.2, -0.15) is 0 Å². The van der Waals surface area contributed by atoms with Crippen LogP contribution in [-0.2, 0) is 16.1 Å². The normalized spacial score (nSPS) is 15.0. The number of benzene rings is 3. The highest BCUT2D eigenvalue weighted by atomic mass is 32.1. The van der Waals surface area contributed by atoms with Crippen molar-refractivity contribution >= 4 is 23.4 Å². The van der Waals surface area contributed by atoms with Crippen LogP contribution in [0.5, 0.6) is 11.5 Å². The average molecular weight is 569 g/mol. The minimum absolute atomic E-state index is 0.0977. The number of para-hydroxylation sites is 1. The number of carbonyl (C=O) groups is 1. The second-order valence-electron chi connectivity index (χ2n) is 9.85. The van der Waals surface area contributed by atoms with Gasteiger partial charge in [0, 0.05) is 5.56 Å². The molecule has 1 aliphatic heterocycles. The summed E-state index contributed by atoms with van der Waals surface area (Å²) >= 11 is 1.28. The molecule has 0 spiro atoms. The molecule has 0 bridgehead atoms. The zero-order valence-corrected chi connectivity index (χ0v) is 24.3. The molecule has 0 aliphatic carbocycles. The predicted molar refractivity (Wildman–Crippen MR) is 160 cm³/mol. The zero-order chi connectivity index (χ0) is 28.9. The van der Waals surface area contributed by atoms with Gasteiger partial charge in [-0.15, -0.1) is 0 Å². The molecule has 1 atom stereocenters. The number of aromatic nitrogens is 1. The highest BCUT2D eigenvalue weighted by Crippen LogP contribution is 2.36. The van der Waals surface area contributed by atoms with Gasteiger partial charge in [0.2, 0.25) is 0 Å². The molecular formula is C33H32N2O5S. The van der Waals surface area contributed by atoms with E-state index in [9.17, 15) is 9.59 Å². The smallest absolute Gasteiger partial charge is 0.338 e. The molecule has 8 heteroatoms. The van der Waals surface area contributed by atoms with Gasteiger partial charge in [-0.3, -0.25) is 9.36 Å². The van der Waals surface area contributed by atoms with Crippen molar-refractivity contribution in [3.8, 4) is 11.5 Å². The molecule has 7 nitrogen and oxygen atoms in total. The van der Waals surface area contributed by atoms with Crippen molar-refractivity contribution in [2.75, 3.05) is 6.61 Å². The van der Waals surface area contributed by atoms with Crippen LogP contribution in [0.15, 0.2) is 99.9 Å². The van der Waals surface area contributed by atoms with Crippen LogP contribution in [0.3, 0.4) is 0 Å². The lowest BCUT2D eigenvalue weighted by atomic mass is 9.95. The van der Waals surface area contributed by atoms with Crippen molar-refractivity contribution in [3.63, 3.8) is 0 Å². The Balaban J connectivity index is 1.59. The van der Waals surface area contributed by atoms with Crippen LogP contribution in [0.1, 0.15) is 50.4 Å². The van der Waals surface area contributed by atoms with Gasteiger partial charge in [0.1, 0.15) is 24.1 Å². The van der Waals surface area contributed by atoms with Gasteiger partial charge in [-0.25, -0.2) is 9.79 Å². The largest absolute Gasteiger partial charge is 0.491 e. The number of rotatable bonds is 9. The number of hydrogen-bond acceptors (Lipinski definition) is 7. The van der Waals surface area contributed by atoms with Gasteiger partial charge in [-0.1, -0.05) is 72.0 Å². The van der Waals surface area contributed by atoms with E-state index in [-0.39, 0.29) is 18.3 Å². The quantitative estimate of drug-likeness (QED) is 0.261. The Hall–Kier alpha value is -4.43. The van der Waals surface area contributed by atoms with Gasteiger partial charge in [0.25, 0.3) is 5.56 Å². The maximum atomic E-state index is 14.0. The molecule has 1 aromatic heterocycles. The Labute approximate surface area is 242 Å². The van der Waals surface area contributed by atoms with E-state index in [4.69, 9.17) is 14.2 Å². The van der Waals surface area contributed by atoms with E-state index in [1.807, 2.05) is 98.8 Å². The summed E-state index contributed by atoms with van der Waals surface area (Å²) in [7, 11) is 0. The molecule has 0 amide bonds. The van der Waals surface area contributed by atoms with Gasteiger partial charge in [-0.05, 0) is 63.1 Å². The summed E-state index contributed by atoms with van der Waals surface area (Å²) in [6, 6.07) is 24.3. The van der Waals surface area contributed by atoms with Crippen molar-refractivity contribution < 1.29 is 19.0 Å². The zero-order valence-electron chi connectivity index (χ0n) is 23.5. The third-order valence-electron chi connectivity index (χ3n) is 6.50. The van der Waals surface area contributed by atoms with Crippen LogP contribution in [0, 0.1) is 0 Å². The number of fused-ring (bicyclic) bond motifs is 1. The summed E-state index contributed by atoms with van der Waals surface area (Å²) in [6.07, 6.45) is 1.73. The molecule has 1 aliphatic rings. The topological polar surface area (TPSA) is 79.1 Å². The minimum Gasteiger partial charge on any atom is -0.491 e. The third-order valence-corrected chi connectivity index (χ3v) is 7.48. The molecule has 4 aromatic rings. The van der Waals surface area contributed by atoms with Gasteiger partial charge in [0.15, 0.2) is 4.80 Å². The highest BCUT2D eigenvalue weighted by Gasteiger charge is 2.35. The molecule has 2 heterocycles. The Morgan fingerprint density at radius 3 is 2.56 bits per heavy atom. The summed E-state index contributed by atoms with van der Waals surface area (Å²) in [4.78, 5) is 32.4. The fraction of sp³-hybridized carbons (Fsp3) is 0.242. The molecule has 41 heavy (non-hydrogen) atoms. The molecule has 0 radical (unpaired) electrons. The predicted octanol–water partition coefficient (Wildman–Crippen LogP) is 5.16. The molecule has 0 fully saturated rings. The van der Waals surface area contributed by atoms with Crippen LogP contribution < -0.4 is 24.4 Å². The molecule has 0 N–H and O–H groups in total. The summed E-state index contributed by atoms with van der Waals surface area (Å²) in [6.45, 7) is 8.06. The molecule has 3 aromatic carbocycles. The number of thiazole rings is 1. The molecule has 5 rings (SSSR count). The first-order chi connectivity index (χ1) is 19.9. The highest BCUT2D eigenvalue weighted by molar-refractivity contribution is 7.07. The van der Waals surface area contributed by atoms with Crippen molar-refractivity contribution in [3.05, 3.63) is 127 Å². The summed E-state index contributed by atoms with van der Waals surface area (Å²) in [5, 5.41) is 0. The fourth-order valence-electron chi connectivity index (χ4n) is 4.74. The lowest BCUT2D eigenvalue weighted by Crippen LogP contribution is -2.40. The van der Waals surface area contributed by atoms with Crippen LogP contribution in [0.2, 0.25) is 0 Å². The first-order valence-corrected chi connectivity index (χ1v) is 14.4. The van der Waals surface area contributed by atoms with Crippen LogP contribution in [0.25, 0.3) is 6.08 Å². The Kier molecular flexibility index (Phi) is 8.50. The van der Waals surface area contributed by atoms with E-state index >= 15 is 0 Å².